The van der Waals surface area contributed by atoms with Crippen molar-refractivity contribution in [1.29, 1.82) is 0 Å². The highest BCUT2D eigenvalue weighted by molar-refractivity contribution is 5.50. The SMILES string of the molecule is Cc1c(C)c(C)c([C@H](N)CCCCN)c(C)c1C. The Kier molecular flexibility index (Phi) is 5.36. The van der Waals surface area contributed by atoms with Crippen molar-refractivity contribution in [2.24, 2.45) is 11.5 Å². The molecule has 102 valence electrons. The van der Waals surface area contributed by atoms with Gasteiger partial charge in [0.15, 0.2) is 0 Å². The van der Waals surface area contributed by atoms with Crippen LogP contribution in [0.2, 0.25) is 0 Å². The second kappa shape index (κ2) is 6.35. The van der Waals surface area contributed by atoms with Crippen LogP contribution in [-0.2, 0) is 0 Å². The molecule has 0 aromatic heterocycles. The maximum atomic E-state index is 6.38. The summed E-state index contributed by atoms with van der Waals surface area (Å²) >= 11 is 0. The fourth-order valence-electron chi connectivity index (χ4n) is 2.74. The summed E-state index contributed by atoms with van der Waals surface area (Å²) in [7, 11) is 0. The van der Waals surface area contributed by atoms with Crippen LogP contribution in [0, 0.1) is 34.6 Å². The first-order chi connectivity index (χ1) is 8.41. The highest BCUT2D eigenvalue weighted by Crippen LogP contribution is 2.31. The molecule has 0 heterocycles. The zero-order valence-corrected chi connectivity index (χ0v) is 12.6. The molecule has 0 aliphatic carbocycles. The molecule has 0 aliphatic heterocycles. The minimum absolute atomic E-state index is 0.148. The molecule has 0 fully saturated rings. The summed E-state index contributed by atoms with van der Waals surface area (Å²) in [6, 6.07) is 0.148. The van der Waals surface area contributed by atoms with Crippen molar-refractivity contribution in [1.82, 2.24) is 0 Å². The minimum Gasteiger partial charge on any atom is -0.330 e. The minimum atomic E-state index is 0.148. The molecule has 18 heavy (non-hydrogen) atoms. The van der Waals surface area contributed by atoms with Crippen molar-refractivity contribution in [2.75, 3.05) is 6.54 Å². The van der Waals surface area contributed by atoms with Crippen molar-refractivity contribution >= 4 is 0 Å². The number of hydrogen-bond acceptors (Lipinski definition) is 2. The molecule has 1 atom stereocenters. The van der Waals surface area contributed by atoms with Crippen LogP contribution in [0.4, 0.5) is 0 Å². The van der Waals surface area contributed by atoms with Gasteiger partial charge in [-0.25, -0.2) is 0 Å². The first-order valence-corrected chi connectivity index (χ1v) is 6.94. The molecular formula is C16H28N2. The van der Waals surface area contributed by atoms with Gasteiger partial charge >= 0.3 is 0 Å². The van der Waals surface area contributed by atoms with E-state index in [1.807, 2.05) is 0 Å². The standard InChI is InChI=1S/C16H28N2/c1-10-11(2)13(4)16(14(5)12(10)3)15(18)8-6-7-9-17/h15H,6-9,17-18H2,1-5H3/t15-/m1/s1. The van der Waals surface area contributed by atoms with E-state index in [0.29, 0.717) is 0 Å². The predicted molar refractivity (Wildman–Crippen MR) is 80.0 cm³/mol. The van der Waals surface area contributed by atoms with E-state index >= 15 is 0 Å². The van der Waals surface area contributed by atoms with Crippen molar-refractivity contribution in [3.8, 4) is 0 Å². The van der Waals surface area contributed by atoms with Gasteiger partial charge in [-0.2, -0.15) is 0 Å². The lowest BCUT2D eigenvalue weighted by Crippen LogP contribution is -2.16. The van der Waals surface area contributed by atoms with Crippen LogP contribution >= 0.6 is 0 Å². The van der Waals surface area contributed by atoms with E-state index in [4.69, 9.17) is 11.5 Å². The molecule has 1 rings (SSSR count). The second-order valence-corrected chi connectivity index (χ2v) is 5.43. The molecule has 0 aliphatic rings. The second-order valence-electron chi connectivity index (χ2n) is 5.43. The van der Waals surface area contributed by atoms with Crippen LogP contribution in [0.5, 0.6) is 0 Å². The van der Waals surface area contributed by atoms with Crippen molar-refractivity contribution < 1.29 is 0 Å². The Morgan fingerprint density at radius 2 is 1.22 bits per heavy atom. The molecular weight excluding hydrogens is 220 g/mol. The molecule has 0 spiro atoms. The Morgan fingerprint density at radius 3 is 1.67 bits per heavy atom. The number of nitrogens with two attached hydrogens (primary N) is 2. The van der Waals surface area contributed by atoms with Gasteiger partial charge in [0.05, 0.1) is 0 Å². The number of unbranched alkanes of at least 4 members (excludes halogenated alkanes) is 1. The first kappa shape index (κ1) is 15.2. The van der Waals surface area contributed by atoms with Crippen molar-refractivity contribution in [3.05, 3.63) is 33.4 Å². The summed E-state index contributed by atoms with van der Waals surface area (Å²) in [5, 5.41) is 0. The molecule has 2 nitrogen and oxygen atoms in total. The zero-order chi connectivity index (χ0) is 13.9. The van der Waals surface area contributed by atoms with Gasteiger partial charge in [0.1, 0.15) is 0 Å². The third-order valence-corrected chi connectivity index (χ3v) is 4.40. The van der Waals surface area contributed by atoms with E-state index in [-0.39, 0.29) is 6.04 Å². The maximum absolute atomic E-state index is 6.38. The molecule has 0 unspecified atom stereocenters. The summed E-state index contributed by atoms with van der Waals surface area (Å²) in [4.78, 5) is 0. The summed E-state index contributed by atoms with van der Waals surface area (Å²) in [5.74, 6) is 0. The molecule has 1 aromatic rings. The third kappa shape index (κ3) is 2.93. The molecule has 0 saturated heterocycles. The van der Waals surface area contributed by atoms with Crippen LogP contribution in [0.1, 0.15) is 58.7 Å². The fourth-order valence-corrected chi connectivity index (χ4v) is 2.74. The van der Waals surface area contributed by atoms with E-state index in [1.165, 1.54) is 33.4 Å². The lowest BCUT2D eigenvalue weighted by molar-refractivity contribution is 0.585. The fraction of sp³-hybridized carbons (Fsp3) is 0.625. The topological polar surface area (TPSA) is 52.0 Å². The number of hydrogen-bond donors (Lipinski definition) is 2. The van der Waals surface area contributed by atoms with Crippen LogP contribution in [0.3, 0.4) is 0 Å². The monoisotopic (exact) mass is 248 g/mol. The van der Waals surface area contributed by atoms with Crippen LogP contribution in [-0.4, -0.2) is 6.54 Å². The van der Waals surface area contributed by atoms with Crippen LogP contribution in [0.25, 0.3) is 0 Å². The number of rotatable bonds is 5. The Bertz CT molecular complexity index is 393. The largest absolute Gasteiger partial charge is 0.330 e. The lowest BCUT2D eigenvalue weighted by Gasteiger charge is -2.23. The van der Waals surface area contributed by atoms with Gasteiger partial charge in [0.25, 0.3) is 0 Å². The number of benzene rings is 1. The van der Waals surface area contributed by atoms with E-state index < -0.39 is 0 Å². The van der Waals surface area contributed by atoms with Gasteiger partial charge in [-0.15, -0.1) is 0 Å². The Labute approximate surface area is 112 Å². The van der Waals surface area contributed by atoms with Gasteiger partial charge in [-0.3, -0.25) is 0 Å². The van der Waals surface area contributed by atoms with Crippen molar-refractivity contribution in [2.45, 2.75) is 59.9 Å². The van der Waals surface area contributed by atoms with Crippen LogP contribution < -0.4 is 11.5 Å². The summed E-state index contributed by atoms with van der Waals surface area (Å²) < 4.78 is 0. The normalized spacial score (nSPS) is 12.8. The van der Waals surface area contributed by atoms with E-state index in [9.17, 15) is 0 Å². The van der Waals surface area contributed by atoms with Gasteiger partial charge < -0.3 is 11.5 Å². The predicted octanol–water partition coefficient (Wildman–Crippen LogP) is 3.36. The quantitative estimate of drug-likeness (QED) is 0.785. The third-order valence-electron chi connectivity index (χ3n) is 4.40. The average molecular weight is 248 g/mol. The Morgan fingerprint density at radius 1 is 0.778 bits per heavy atom. The smallest absolute Gasteiger partial charge is 0.0300 e. The van der Waals surface area contributed by atoms with E-state index in [2.05, 4.69) is 34.6 Å². The van der Waals surface area contributed by atoms with Gasteiger partial charge in [-0.1, -0.05) is 6.42 Å². The molecule has 0 amide bonds. The van der Waals surface area contributed by atoms with E-state index in [1.54, 1.807) is 0 Å². The Balaban J connectivity index is 3.08. The summed E-state index contributed by atoms with van der Waals surface area (Å²) in [6.45, 7) is 11.8. The van der Waals surface area contributed by atoms with Gasteiger partial charge in [0, 0.05) is 6.04 Å². The van der Waals surface area contributed by atoms with Gasteiger partial charge in [0.2, 0.25) is 0 Å². The summed E-state index contributed by atoms with van der Waals surface area (Å²) in [6.07, 6.45) is 3.21. The molecule has 0 radical (unpaired) electrons. The molecule has 2 heteroatoms. The lowest BCUT2D eigenvalue weighted by atomic mass is 9.85. The van der Waals surface area contributed by atoms with E-state index in [0.717, 1.165) is 25.8 Å². The molecule has 0 saturated carbocycles. The maximum Gasteiger partial charge on any atom is 0.0300 e. The highest BCUT2D eigenvalue weighted by Gasteiger charge is 2.17. The van der Waals surface area contributed by atoms with Crippen molar-refractivity contribution in [3.63, 3.8) is 0 Å². The summed E-state index contributed by atoms with van der Waals surface area (Å²) in [5.41, 5.74) is 20.2. The molecule has 0 bridgehead atoms. The van der Waals surface area contributed by atoms with Gasteiger partial charge in [-0.05, 0) is 87.4 Å². The zero-order valence-electron chi connectivity index (χ0n) is 12.6. The average Bonchev–Trinajstić information content (AvgIpc) is 2.34. The van der Waals surface area contributed by atoms with Crippen LogP contribution in [0.15, 0.2) is 0 Å². The molecule has 1 aromatic carbocycles. The first-order valence-electron chi connectivity index (χ1n) is 6.94. The Hall–Kier alpha value is -0.860. The molecule has 4 N–H and O–H groups in total. The highest BCUT2D eigenvalue weighted by atomic mass is 14.6.